The first-order valence-corrected chi connectivity index (χ1v) is 5.76. The lowest BCUT2D eigenvalue weighted by Crippen LogP contribution is -2.15. The normalized spacial score (nSPS) is 12.5. The number of halogens is 2. The van der Waals surface area contributed by atoms with Crippen LogP contribution >= 0.6 is 0 Å². The molecule has 0 bridgehead atoms. The smallest absolute Gasteiger partial charge is 0.128 e. The Kier molecular flexibility index (Phi) is 3.43. The van der Waals surface area contributed by atoms with Gasteiger partial charge in [0.2, 0.25) is 0 Å². The summed E-state index contributed by atoms with van der Waals surface area (Å²) < 4.78 is 26.8. The van der Waals surface area contributed by atoms with Gasteiger partial charge in [0.05, 0.1) is 6.04 Å². The van der Waals surface area contributed by atoms with Crippen LogP contribution in [0.1, 0.15) is 28.3 Å². The first-order valence-electron chi connectivity index (χ1n) is 5.76. The van der Waals surface area contributed by atoms with E-state index in [0.29, 0.717) is 5.56 Å². The van der Waals surface area contributed by atoms with Gasteiger partial charge in [0, 0.05) is 5.56 Å². The Morgan fingerprint density at radius 1 is 0.944 bits per heavy atom. The van der Waals surface area contributed by atoms with Crippen LogP contribution in [-0.2, 0) is 0 Å². The summed E-state index contributed by atoms with van der Waals surface area (Å²) in [7, 11) is 0. The molecule has 1 nitrogen and oxygen atoms in total. The molecule has 0 aliphatic rings. The van der Waals surface area contributed by atoms with E-state index in [-0.39, 0.29) is 11.6 Å². The third-order valence-corrected chi connectivity index (χ3v) is 3.05. The van der Waals surface area contributed by atoms with E-state index in [9.17, 15) is 8.78 Å². The molecule has 0 spiro atoms. The van der Waals surface area contributed by atoms with Gasteiger partial charge in [-0.25, -0.2) is 8.78 Å². The van der Waals surface area contributed by atoms with Crippen molar-refractivity contribution in [3.05, 3.63) is 70.3 Å². The highest BCUT2D eigenvalue weighted by Gasteiger charge is 2.15. The lowest BCUT2D eigenvalue weighted by Gasteiger charge is -2.16. The zero-order valence-corrected chi connectivity index (χ0v) is 10.4. The van der Waals surface area contributed by atoms with Crippen LogP contribution in [0.3, 0.4) is 0 Å². The third-order valence-electron chi connectivity index (χ3n) is 3.05. The molecular formula is C15H15F2N. The molecular weight excluding hydrogens is 232 g/mol. The van der Waals surface area contributed by atoms with E-state index in [2.05, 4.69) is 0 Å². The van der Waals surface area contributed by atoms with Crippen molar-refractivity contribution in [1.29, 1.82) is 0 Å². The molecule has 2 aromatic rings. The molecule has 1 atom stereocenters. The van der Waals surface area contributed by atoms with Crippen LogP contribution in [0.5, 0.6) is 0 Å². The number of nitrogens with two attached hydrogens (primary N) is 1. The quantitative estimate of drug-likeness (QED) is 0.861. The lowest BCUT2D eigenvalue weighted by atomic mass is 9.94. The van der Waals surface area contributed by atoms with Gasteiger partial charge < -0.3 is 5.73 Å². The first kappa shape index (κ1) is 12.7. The molecule has 1 unspecified atom stereocenters. The second-order valence-corrected chi connectivity index (χ2v) is 4.50. The predicted molar refractivity (Wildman–Crippen MR) is 68.3 cm³/mol. The lowest BCUT2D eigenvalue weighted by molar-refractivity contribution is 0.597. The fourth-order valence-electron chi connectivity index (χ4n) is 2.06. The van der Waals surface area contributed by atoms with Gasteiger partial charge in [-0.1, -0.05) is 23.8 Å². The molecule has 0 saturated heterocycles. The van der Waals surface area contributed by atoms with Crippen LogP contribution in [0.15, 0.2) is 36.4 Å². The first-order chi connectivity index (χ1) is 8.49. The van der Waals surface area contributed by atoms with E-state index < -0.39 is 6.04 Å². The monoisotopic (exact) mass is 247 g/mol. The molecule has 0 saturated carbocycles. The molecule has 0 aliphatic heterocycles. The molecule has 2 N–H and O–H groups in total. The van der Waals surface area contributed by atoms with Crippen LogP contribution in [-0.4, -0.2) is 0 Å². The Morgan fingerprint density at radius 2 is 1.67 bits per heavy atom. The minimum absolute atomic E-state index is 0.312. The topological polar surface area (TPSA) is 26.0 Å². The zero-order valence-electron chi connectivity index (χ0n) is 10.4. The van der Waals surface area contributed by atoms with E-state index in [1.165, 1.54) is 18.2 Å². The van der Waals surface area contributed by atoms with E-state index in [1.54, 1.807) is 25.1 Å². The van der Waals surface area contributed by atoms with Gasteiger partial charge in [-0.15, -0.1) is 0 Å². The van der Waals surface area contributed by atoms with Gasteiger partial charge in [0.25, 0.3) is 0 Å². The van der Waals surface area contributed by atoms with Crippen LogP contribution in [0, 0.1) is 25.5 Å². The van der Waals surface area contributed by atoms with Crippen molar-refractivity contribution in [3.8, 4) is 0 Å². The van der Waals surface area contributed by atoms with Crippen molar-refractivity contribution in [1.82, 2.24) is 0 Å². The fraction of sp³-hybridized carbons (Fsp3) is 0.200. The SMILES string of the molecule is Cc1ccc(F)c(C(N)c2ccc(F)cc2C)c1. The van der Waals surface area contributed by atoms with Crippen LogP contribution in [0.4, 0.5) is 8.78 Å². The maximum Gasteiger partial charge on any atom is 0.128 e. The molecule has 0 heterocycles. The standard InChI is InChI=1S/C15H15F2N/c1-9-3-6-14(17)13(7-9)15(18)12-5-4-11(16)8-10(12)2/h3-8,15H,18H2,1-2H3. The fourth-order valence-corrected chi connectivity index (χ4v) is 2.06. The molecule has 3 heteroatoms. The molecule has 0 aliphatic carbocycles. The van der Waals surface area contributed by atoms with Gasteiger partial charge in [0.15, 0.2) is 0 Å². The highest BCUT2D eigenvalue weighted by molar-refractivity contribution is 5.38. The summed E-state index contributed by atoms with van der Waals surface area (Å²) in [5.74, 6) is -0.648. The summed E-state index contributed by atoms with van der Waals surface area (Å²) in [5, 5.41) is 0. The van der Waals surface area contributed by atoms with Crippen molar-refractivity contribution < 1.29 is 8.78 Å². The van der Waals surface area contributed by atoms with Gasteiger partial charge >= 0.3 is 0 Å². The average molecular weight is 247 g/mol. The molecule has 0 fully saturated rings. The Balaban J connectivity index is 2.47. The second kappa shape index (κ2) is 4.86. The molecule has 18 heavy (non-hydrogen) atoms. The maximum absolute atomic E-state index is 13.8. The summed E-state index contributed by atoms with van der Waals surface area (Å²) in [6.45, 7) is 3.65. The van der Waals surface area contributed by atoms with Gasteiger partial charge in [-0.2, -0.15) is 0 Å². The van der Waals surface area contributed by atoms with Gasteiger partial charge in [-0.3, -0.25) is 0 Å². The summed E-state index contributed by atoms with van der Waals surface area (Å²) in [4.78, 5) is 0. The summed E-state index contributed by atoms with van der Waals surface area (Å²) in [5.41, 5.74) is 8.92. The Labute approximate surface area is 105 Å². The van der Waals surface area contributed by atoms with E-state index >= 15 is 0 Å². The average Bonchev–Trinajstić information content (AvgIpc) is 2.31. The number of rotatable bonds is 2. The Morgan fingerprint density at radius 3 is 2.33 bits per heavy atom. The van der Waals surface area contributed by atoms with Crippen molar-refractivity contribution in [2.45, 2.75) is 19.9 Å². The minimum Gasteiger partial charge on any atom is -0.320 e. The summed E-state index contributed by atoms with van der Waals surface area (Å²) >= 11 is 0. The summed E-state index contributed by atoms with van der Waals surface area (Å²) in [6.07, 6.45) is 0. The molecule has 94 valence electrons. The van der Waals surface area contributed by atoms with Crippen molar-refractivity contribution in [2.75, 3.05) is 0 Å². The molecule has 0 radical (unpaired) electrons. The van der Waals surface area contributed by atoms with Crippen LogP contribution in [0.25, 0.3) is 0 Å². The van der Waals surface area contributed by atoms with Crippen molar-refractivity contribution >= 4 is 0 Å². The highest BCUT2D eigenvalue weighted by Crippen LogP contribution is 2.25. The van der Waals surface area contributed by atoms with Crippen LogP contribution < -0.4 is 5.73 Å². The highest BCUT2D eigenvalue weighted by atomic mass is 19.1. The van der Waals surface area contributed by atoms with E-state index in [4.69, 9.17) is 5.73 Å². The number of hydrogen-bond acceptors (Lipinski definition) is 1. The van der Waals surface area contributed by atoms with Crippen molar-refractivity contribution in [2.24, 2.45) is 5.73 Å². The second-order valence-electron chi connectivity index (χ2n) is 4.50. The zero-order chi connectivity index (χ0) is 13.3. The van der Waals surface area contributed by atoms with Gasteiger partial charge in [-0.05, 0) is 43.2 Å². The summed E-state index contributed by atoms with van der Waals surface area (Å²) in [6, 6.07) is 8.61. The van der Waals surface area contributed by atoms with Gasteiger partial charge in [0.1, 0.15) is 11.6 Å². The largest absolute Gasteiger partial charge is 0.320 e. The molecule has 0 amide bonds. The third kappa shape index (κ3) is 2.41. The van der Waals surface area contributed by atoms with Crippen LogP contribution in [0.2, 0.25) is 0 Å². The van der Waals surface area contributed by atoms with Crippen molar-refractivity contribution in [3.63, 3.8) is 0 Å². The maximum atomic E-state index is 13.8. The van der Waals surface area contributed by atoms with E-state index in [1.807, 2.05) is 6.92 Å². The number of hydrogen-bond donors (Lipinski definition) is 1. The predicted octanol–water partition coefficient (Wildman–Crippen LogP) is 3.63. The van der Waals surface area contributed by atoms with E-state index in [0.717, 1.165) is 16.7 Å². The number of aryl methyl sites for hydroxylation is 2. The Hall–Kier alpha value is -1.74. The molecule has 2 aromatic carbocycles. The Bertz CT molecular complexity index is 579. The minimum atomic E-state index is -0.578. The molecule has 0 aromatic heterocycles. The molecule has 2 rings (SSSR count). The number of benzene rings is 2.